The van der Waals surface area contributed by atoms with E-state index in [1.807, 2.05) is 54.0 Å². The van der Waals surface area contributed by atoms with Crippen molar-refractivity contribution in [2.75, 3.05) is 6.54 Å². The van der Waals surface area contributed by atoms with Crippen molar-refractivity contribution in [3.63, 3.8) is 0 Å². The first-order chi connectivity index (χ1) is 11.8. The summed E-state index contributed by atoms with van der Waals surface area (Å²) in [6.45, 7) is 0.733. The first-order valence-corrected chi connectivity index (χ1v) is 8.46. The lowest BCUT2D eigenvalue weighted by Crippen LogP contribution is -2.24. The lowest BCUT2D eigenvalue weighted by atomic mass is 10.2. The Morgan fingerprint density at radius 3 is 2.96 bits per heavy atom. The van der Waals surface area contributed by atoms with E-state index in [0.717, 1.165) is 21.3 Å². The quantitative estimate of drug-likeness (QED) is 0.579. The number of carbonyl (C=O) groups excluding carboxylic acids is 1. The highest BCUT2D eigenvalue weighted by atomic mass is 32.1. The van der Waals surface area contributed by atoms with Gasteiger partial charge in [-0.25, -0.2) is 9.78 Å². The maximum Gasteiger partial charge on any atom is 0.407 e. The zero-order valence-electron chi connectivity index (χ0n) is 13.0. The molecule has 1 N–H and O–H groups in total. The lowest BCUT2D eigenvalue weighted by Gasteiger charge is -2.05. The Hall–Kier alpha value is -2.84. The molecule has 0 bridgehead atoms. The van der Waals surface area contributed by atoms with Crippen molar-refractivity contribution in [1.29, 1.82) is 0 Å². The number of fused-ring (bicyclic) bond motifs is 1. The molecule has 2 aromatic carbocycles. The second-order valence-electron chi connectivity index (χ2n) is 5.08. The summed E-state index contributed by atoms with van der Waals surface area (Å²) in [7, 11) is 0. The molecule has 4 nitrogen and oxygen atoms in total. The second kappa shape index (κ2) is 8.14. The minimum Gasteiger partial charge on any atom is -0.445 e. The van der Waals surface area contributed by atoms with Crippen molar-refractivity contribution in [1.82, 2.24) is 10.3 Å². The van der Waals surface area contributed by atoms with E-state index >= 15 is 0 Å². The fraction of sp³-hybridized carbons (Fsp3) is 0.158. The summed E-state index contributed by atoms with van der Waals surface area (Å²) >= 11 is 1.60. The molecule has 0 spiro atoms. The van der Waals surface area contributed by atoms with Gasteiger partial charge in [-0.2, -0.15) is 0 Å². The highest BCUT2D eigenvalue weighted by Crippen LogP contribution is 2.18. The smallest absolute Gasteiger partial charge is 0.407 e. The van der Waals surface area contributed by atoms with E-state index in [0.29, 0.717) is 13.0 Å². The molecule has 5 heteroatoms. The van der Waals surface area contributed by atoms with Crippen LogP contribution in [0.15, 0.2) is 54.0 Å². The molecule has 1 aromatic heterocycles. The van der Waals surface area contributed by atoms with Crippen LogP contribution >= 0.6 is 11.3 Å². The number of amides is 1. The van der Waals surface area contributed by atoms with E-state index in [-0.39, 0.29) is 6.61 Å². The Labute approximate surface area is 144 Å². The molecular weight excluding hydrogens is 320 g/mol. The van der Waals surface area contributed by atoms with Gasteiger partial charge in [-0.15, -0.1) is 11.3 Å². The molecule has 1 amide bonds. The number of aromatic nitrogens is 1. The van der Waals surface area contributed by atoms with Gasteiger partial charge in [0.15, 0.2) is 0 Å². The van der Waals surface area contributed by atoms with Gasteiger partial charge in [0, 0.05) is 18.5 Å². The molecule has 0 atom stereocenters. The maximum absolute atomic E-state index is 11.6. The number of rotatable bonds is 4. The van der Waals surface area contributed by atoms with E-state index in [1.54, 1.807) is 11.3 Å². The fourth-order valence-electron chi connectivity index (χ4n) is 2.10. The standard InChI is InChI=1S/C19H16N2O2S/c22-19(23-13-16-7-2-1-3-8-16)20-11-5-4-6-15-9-10-17-18(12-15)24-14-21-17/h1-3,7-10,12,14H,5,11,13H2,(H,20,22). The van der Waals surface area contributed by atoms with E-state index in [9.17, 15) is 4.79 Å². The van der Waals surface area contributed by atoms with Crippen LogP contribution in [-0.4, -0.2) is 17.6 Å². The van der Waals surface area contributed by atoms with E-state index in [1.165, 1.54) is 0 Å². The van der Waals surface area contributed by atoms with Gasteiger partial charge in [-0.05, 0) is 23.8 Å². The zero-order chi connectivity index (χ0) is 16.6. The average molecular weight is 336 g/mol. The van der Waals surface area contributed by atoms with Crippen molar-refractivity contribution in [2.45, 2.75) is 13.0 Å². The summed E-state index contributed by atoms with van der Waals surface area (Å²) in [5.74, 6) is 6.15. The van der Waals surface area contributed by atoms with Crippen LogP contribution in [0, 0.1) is 11.8 Å². The van der Waals surface area contributed by atoms with Gasteiger partial charge in [0.25, 0.3) is 0 Å². The Morgan fingerprint density at radius 1 is 1.21 bits per heavy atom. The monoisotopic (exact) mass is 336 g/mol. The molecule has 0 saturated heterocycles. The molecule has 0 unspecified atom stereocenters. The van der Waals surface area contributed by atoms with Gasteiger partial charge in [0.05, 0.1) is 15.7 Å². The molecule has 0 aliphatic rings. The lowest BCUT2D eigenvalue weighted by molar-refractivity contribution is 0.140. The molecule has 0 saturated carbocycles. The summed E-state index contributed by atoms with van der Waals surface area (Å²) < 4.78 is 6.26. The number of nitrogens with one attached hydrogen (secondary N) is 1. The molecule has 0 radical (unpaired) electrons. The SMILES string of the molecule is O=C(NCCC#Cc1ccc2ncsc2c1)OCc1ccccc1. The number of hydrogen-bond donors (Lipinski definition) is 1. The van der Waals surface area contributed by atoms with Crippen molar-refractivity contribution in [3.05, 3.63) is 65.2 Å². The van der Waals surface area contributed by atoms with Crippen LogP contribution in [0.1, 0.15) is 17.5 Å². The summed E-state index contributed by atoms with van der Waals surface area (Å²) in [5, 5.41) is 2.69. The third kappa shape index (κ3) is 4.58. The molecular formula is C19H16N2O2S. The number of benzene rings is 2. The van der Waals surface area contributed by atoms with Gasteiger partial charge < -0.3 is 10.1 Å². The molecule has 0 aliphatic heterocycles. The number of carbonyl (C=O) groups is 1. The highest BCUT2D eigenvalue weighted by molar-refractivity contribution is 7.16. The molecule has 1 heterocycles. The Bertz CT molecular complexity index is 878. The maximum atomic E-state index is 11.6. The van der Waals surface area contributed by atoms with Crippen LogP contribution in [0.4, 0.5) is 4.79 Å². The number of alkyl carbamates (subject to hydrolysis) is 1. The number of thiazole rings is 1. The molecule has 0 aliphatic carbocycles. The van der Waals surface area contributed by atoms with Gasteiger partial charge in [0.1, 0.15) is 6.61 Å². The zero-order valence-corrected chi connectivity index (χ0v) is 13.8. The number of nitrogens with zero attached hydrogens (tertiary/aromatic N) is 1. The molecule has 3 rings (SSSR count). The first kappa shape index (κ1) is 16.0. The molecule has 24 heavy (non-hydrogen) atoms. The Balaban J connectivity index is 1.39. The Morgan fingerprint density at radius 2 is 2.08 bits per heavy atom. The predicted octanol–water partition coefficient (Wildman–Crippen LogP) is 3.96. The van der Waals surface area contributed by atoms with Crippen LogP contribution in [0.25, 0.3) is 10.2 Å². The molecule has 3 aromatic rings. The van der Waals surface area contributed by atoms with E-state index in [4.69, 9.17) is 4.74 Å². The Kier molecular flexibility index (Phi) is 5.44. The number of hydrogen-bond acceptors (Lipinski definition) is 4. The first-order valence-electron chi connectivity index (χ1n) is 7.58. The predicted molar refractivity (Wildman–Crippen MR) is 95.7 cm³/mol. The van der Waals surface area contributed by atoms with Crippen molar-refractivity contribution < 1.29 is 9.53 Å². The van der Waals surface area contributed by atoms with Gasteiger partial charge in [-0.3, -0.25) is 0 Å². The van der Waals surface area contributed by atoms with Crippen LogP contribution in [-0.2, 0) is 11.3 Å². The van der Waals surface area contributed by atoms with Crippen LogP contribution in [0.2, 0.25) is 0 Å². The summed E-state index contributed by atoms with van der Waals surface area (Å²) in [4.78, 5) is 15.8. The van der Waals surface area contributed by atoms with E-state index in [2.05, 4.69) is 22.1 Å². The minimum atomic E-state index is -0.424. The minimum absolute atomic E-state index is 0.271. The summed E-state index contributed by atoms with van der Waals surface area (Å²) in [5.41, 5.74) is 4.74. The number of ether oxygens (including phenoxy) is 1. The van der Waals surface area contributed by atoms with Crippen molar-refractivity contribution >= 4 is 27.6 Å². The summed E-state index contributed by atoms with van der Waals surface area (Å²) in [6, 6.07) is 15.5. The van der Waals surface area contributed by atoms with Gasteiger partial charge >= 0.3 is 6.09 Å². The topological polar surface area (TPSA) is 51.2 Å². The largest absolute Gasteiger partial charge is 0.445 e. The second-order valence-corrected chi connectivity index (χ2v) is 5.96. The summed E-state index contributed by atoms with van der Waals surface area (Å²) in [6.07, 6.45) is 0.146. The van der Waals surface area contributed by atoms with Crippen molar-refractivity contribution in [3.8, 4) is 11.8 Å². The third-order valence-corrected chi connectivity index (χ3v) is 4.09. The van der Waals surface area contributed by atoms with Gasteiger partial charge in [0.2, 0.25) is 0 Å². The normalized spacial score (nSPS) is 10.0. The van der Waals surface area contributed by atoms with Gasteiger partial charge in [-0.1, -0.05) is 42.2 Å². The van der Waals surface area contributed by atoms with E-state index < -0.39 is 6.09 Å². The molecule has 120 valence electrons. The fourth-order valence-corrected chi connectivity index (χ4v) is 2.81. The van der Waals surface area contributed by atoms with Crippen LogP contribution in [0.3, 0.4) is 0 Å². The average Bonchev–Trinajstić information content (AvgIpc) is 3.08. The third-order valence-electron chi connectivity index (χ3n) is 3.30. The van der Waals surface area contributed by atoms with Crippen LogP contribution in [0.5, 0.6) is 0 Å². The van der Waals surface area contributed by atoms with Crippen LogP contribution < -0.4 is 5.32 Å². The van der Waals surface area contributed by atoms with Crippen molar-refractivity contribution in [2.24, 2.45) is 0 Å². The highest BCUT2D eigenvalue weighted by Gasteiger charge is 2.00. The molecule has 0 fully saturated rings.